The fraction of sp³-hybridized carbons (Fsp3) is 0.800. The Labute approximate surface area is 99.0 Å². The molecule has 2 amide bonds. The highest BCUT2D eigenvalue weighted by Crippen LogP contribution is 2.47. The Kier molecular flexibility index (Phi) is 2.88. The van der Waals surface area contributed by atoms with Crippen molar-refractivity contribution in [1.82, 2.24) is 9.96 Å². The Bertz CT molecular complexity index is 336. The summed E-state index contributed by atoms with van der Waals surface area (Å²) >= 11 is 1.69. The molecule has 0 aromatic carbocycles. The smallest absolute Gasteiger partial charge is 0.269 e. The molecule has 2 fully saturated rings. The van der Waals surface area contributed by atoms with E-state index in [0.717, 1.165) is 6.42 Å². The molecule has 0 aliphatic carbocycles. The van der Waals surface area contributed by atoms with E-state index in [1.165, 1.54) is 12.2 Å². The van der Waals surface area contributed by atoms with Crippen LogP contribution in [0.25, 0.3) is 0 Å². The summed E-state index contributed by atoms with van der Waals surface area (Å²) in [6.45, 7) is 2.03. The van der Waals surface area contributed by atoms with Gasteiger partial charge in [0.15, 0.2) is 0 Å². The minimum Gasteiger partial charge on any atom is -0.315 e. The summed E-state index contributed by atoms with van der Waals surface area (Å²) in [5.41, 5.74) is 0. The van der Waals surface area contributed by atoms with E-state index in [2.05, 4.69) is 0 Å². The first-order valence-corrected chi connectivity index (χ1v) is 6.26. The van der Waals surface area contributed by atoms with E-state index in [0.29, 0.717) is 12.2 Å². The predicted molar refractivity (Wildman–Crippen MR) is 60.5 cm³/mol. The van der Waals surface area contributed by atoms with Gasteiger partial charge in [-0.1, -0.05) is 0 Å². The average molecular weight is 244 g/mol. The highest BCUT2D eigenvalue weighted by Gasteiger charge is 2.53. The minimum absolute atomic E-state index is 0.0790. The summed E-state index contributed by atoms with van der Waals surface area (Å²) in [5.74, 6) is 0.596. The summed E-state index contributed by atoms with van der Waals surface area (Å²) in [5, 5.41) is 1.20. The number of carbonyl (C=O) groups excluding carboxylic acids is 2. The lowest BCUT2D eigenvalue weighted by Crippen LogP contribution is -2.50. The van der Waals surface area contributed by atoms with Crippen LogP contribution >= 0.6 is 11.8 Å². The molecule has 2 unspecified atom stereocenters. The summed E-state index contributed by atoms with van der Waals surface area (Å²) in [6, 6.07) is -0.366. The van der Waals surface area contributed by atoms with Crippen molar-refractivity contribution >= 4 is 23.6 Å². The van der Waals surface area contributed by atoms with E-state index < -0.39 is 0 Å². The molecular weight excluding hydrogens is 228 g/mol. The highest BCUT2D eigenvalue weighted by atomic mass is 32.2. The number of fused-ring (bicyclic) bond motifs is 1. The van der Waals surface area contributed by atoms with Crippen molar-refractivity contribution in [3.8, 4) is 0 Å². The standard InChI is InChI=1S/C10H16N2O3S/c1-10-5-4-8(13)12(10)7(6-16-10)9(14)11(2)15-3/h7H,4-6H2,1-3H3. The van der Waals surface area contributed by atoms with E-state index in [1.54, 1.807) is 23.7 Å². The van der Waals surface area contributed by atoms with Gasteiger partial charge in [0.25, 0.3) is 5.91 Å². The van der Waals surface area contributed by atoms with E-state index >= 15 is 0 Å². The molecule has 6 heteroatoms. The topological polar surface area (TPSA) is 49.9 Å². The van der Waals surface area contributed by atoms with Gasteiger partial charge in [0.1, 0.15) is 6.04 Å². The van der Waals surface area contributed by atoms with Gasteiger partial charge in [-0.2, -0.15) is 0 Å². The van der Waals surface area contributed by atoms with Gasteiger partial charge in [-0.3, -0.25) is 14.4 Å². The Morgan fingerprint density at radius 3 is 3.00 bits per heavy atom. The normalized spacial score (nSPS) is 33.1. The van der Waals surface area contributed by atoms with E-state index in [-0.39, 0.29) is 22.7 Å². The van der Waals surface area contributed by atoms with Gasteiger partial charge in [0.05, 0.1) is 12.0 Å². The lowest BCUT2D eigenvalue weighted by Gasteiger charge is -2.31. The number of carbonyl (C=O) groups is 2. The Morgan fingerprint density at radius 1 is 1.69 bits per heavy atom. The van der Waals surface area contributed by atoms with Crippen molar-refractivity contribution in [2.24, 2.45) is 0 Å². The lowest BCUT2D eigenvalue weighted by molar-refractivity contribution is -0.175. The third-order valence-corrected chi connectivity index (χ3v) is 4.82. The van der Waals surface area contributed by atoms with Crippen LogP contribution in [0.15, 0.2) is 0 Å². The van der Waals surface area contributed by atoms with E-state index in [9.17, 15) is 9.59 Å². The second-order valence-corrected chi connectivity index (χ2v) is 5.79. The van der Waals surface area contributed by atoms with Crippen LogP contribution in [0.5, 0.6) is 0 Å². The largest absolute Gasteiger partial charge is 0.315 e. The fourth-order valence-electron chi connectivity index (χ4n) is 2.30. The van der Waals surface area contributed by atoms with Crippen LogP contribution in [0.2, 0.25) is 0 Å². The van der Waals surface area contributed by atoms with Crippen LogP contribution in [0.3, 0.4) is 0 Å². The first-order valence-electron chi connectivity index (χ1n) is 5.27. The number of hydrogen-bond donors (Lipinski definition) is 0. The number of hydroxylamine groups is 2. The molecule has 0 spiro atoms. The lowest BCUT2D eigenvalue weighted by atomic mass is 10.2. The number of rotatable bonds is 2. The fourth-order valence-corrected chi connectivity index (χ4v) is 3.73. The highest BCUT2D eigenvalue weighted by molar-refractivity contribution is 8.01. The van der Waals surface area contributed by atoms with Gasteiger partial charge in [0, 0.05) is 19.2 Å². The van der Waals surface area contributed by atoms with Crippen molar-refractivity contribution < 1.29 is 14.4 Å². The van der Waals surface area contributed by atoms with E-state index in [4.69, 9.17) is 4.84 Å². The maximum Gasteiger partial charge on any atom is 0.269 e. The minimum atomic E-state index is -0.366. The molecule has 0 N–H and O–H groups in total. The van der Waals surface area contributed by atoms with Crippen LogP contribution in [0.4, 0.5) is 0 Å². The van der Waals surface area contributed by atoms with Crippen molar-refractivity contribution in [1.29, 1.82) is 0 Å². The second-order valence-electron chi connectivity index (χ2n) is 4.28. The number of nitrogens with zero attached hydrogens (tertiary/aromatic N) is 2. The molecule has 2 aliphatic heterocycles. The van der Waals surface area contributed by atoms with E-state index in [1.807, 2.05) is 6.92 Å². The maximum absolute atomic E-state index is 12.0. The zero-order chi connectivity index (χ0) is 11.9. The Balaban J connectivity index is 2.19. The van der Waals surface area contributed by atoms with Gasteiger partial charge in [-0.25, -0.2) is 5.06 Å². The molecular formula is C10H16N2O3S. The summed E-state index contributed by atoms with van der Waals surface area (Å²) in [4.78, 5) is 30.2. The zero-order valence-electron chi connectivity index (χ0n) is 9.73. The molecule has 2 saturated heterocycles. The first-order chi connectivity index (χ1) is 7.49. The molecule has 0 radical (unpaired) electrons. The van der Waals surface area contributed by atoms with Crippen LogP contribution in [0.1, 0.15) is 19.8 Å². The molecule has 90 valence electrons. The number of amides is 2. The molecule has 16 heavy (non-hydrogen) atoms. The quantitative estimate of drug-likeness (QED) is 0.662. The first kappa shape index (κ1) is 11.7. The second kappa shape index (κ2) is 3.92. The van der Waals surface area contributed by atoms with Crippen molar-refractivity contribution in [3.05, 3.63) is 0 Å². The molecule has 0 aromatic rings. The van der Waals surface area contributed by atoms with Crippen molar-refractivity contribution in [2.75, 3.05) is 19.9 Å². The van der Waals surface area contributed by atoms with Gasteiger partial charge in [-0.15, -0.1) is 11.8 Å². The van der Waals surface area contributed by atoms with Crippen molar-refractivity contribution in [2.45, 2.75) is 30.7 Å². The Hall–Kier alpha value is -0.750. The molecule has 2 atom stereocenters. The predicted octanol–water partition coefficient (Wildman–Crippen LogP) is 0.460. The molecule has 0 saturated carbocycles. The maximum atomic E-state index is 12.0. The third kappa shape index (κ3) is 1.60. The van der Waals surface area contributed by atoms with Gasteiger partial charge < -0.3 is 4.90 Å². The molecule has 5 nitrogen and oxygen atoms in total. The number of likely N-dealkylation sites (N-methyl/N-ethyl adjacent to an activating group) is 1. The van der Waals surface area contributed by atoms with Gasteiger partial charge in [0.2, 0.25) is 5.91 Å². The molecule has 2 rings (SSSR count). The van der Waals surface area contributed by atoms with Crippen LogP contribution in [-0.2, 0) is 14.4 Å². The van der Waals surface area contributed by atoms with Crippen LogP contribution in [-0.4, -0.2) is 52.6 Å². The van der Waals surface area contributed by atoms with Gasteiger partial charge in [-0.05, 0) is 13.3 Å². The number of thioether (sulfide) groups is 1. The van der Waals surface area contributed by atoms with Crippen LogP contribution < -0.4 is 0 Å². The monoisotopic (exact) mass is 244 g/mol. The Morgan fingerprint density at radius 2 is 2.38 bits per heavy atom. The molecule has 2 heterocycles. The summed E-state index contributed by atoms with van der Waals surface area (Å²) in [6.07, 6.45) is 1.38. The molecule has 0 bridgehead atoms. The summed E-state index contributed by atoms with van der Waals surface area (Å²) < 4.78 is 0. The number of hydrogen-bond acceptors (Lipinski definition) is 4. The van der Waals surface area contributed by atoms with Crippen molar-refractivity contribution in [3.63, 3.8) is 0 Å². The SMILES string of the molecule is CON(C)C(=O)C1CSC2(C)CCC(=O)N12. The molecule has 0 aromatic heterocycles. The zero-order valence-corrected chi connectivity index (χ0v) is 10.5. The summed E-state index contributed by atoms with van der Waals surface area (Å²) in [7, 11) is 3.02. The van der Waals surface area contributed by atoms with Crippen LogP contribution in [0, 0.1) is 0 Å². The average Bonchev–Trinajstić information content (AvgIpc) is 2.75. The molecule has 2 aliphatic rings. The third-order valence-electron chi connectivity index (χ3n) is 3.31. The van der Waals surface area contributed by atoms with Gasteiger partial charge >= 0.3 is 0 Å².